The van der Waals surface area contributed by atoms with E-state index in [0.29, 0.717) is 5.75 Å². The van der Waals surface area contributed by atoms with Crippen LogP contribution in [-0.4, -0.2) is 60.8 Å². The Hall–Kier alpha value is -3.48. The highest BCUT2D eigenvalue weighted by Gasteiger charge is 2.29. The first-order chi connectivity index (χ1) is 17.4. The minimum atomic E-state index is -4.24. The van der Waals surface area contributed by atoms with E-state index in [2.05, 4.69) is 5.32 Å². The fraction of sp³-hybridized carbons (Fsp3) is 0.240. The Labute approximate surface area is 216 Å². The Bertz CT molecular complexity index is 1440. The third kappa shape index (κ3) is 6.85. The number of para-hydroxylation sites is 1. The summed E-state index contributed by atoms with van der Waals surface area (Å²) in [6.07, 6.45) is 0. The highest BCUT2D eigenvalue weighted by molar-refractivity contribution is 7.92. The van der Waals surface area contributed by atoms with Crippen LogP contribution in [0.5, 0.6) is 5.75 Å². The molecule has 0 aliphatic rings. The molecule has 3 aromatic rings. The van der Waals surface area contributed by atoms with Crippen LogP contribution in [0.1, 0.15) is 5.56 Å². The van der Waals surface area contributed by atoms with Crippen LogP contribution in [0.15, 0.2) is 82.6 Å². The molecule has 0 spiro atoms. The first-order valence-corrected chi connectivity index (χ1v) is 14.1. The number of benzene rings is 3. The van der Waals surface area contributed by atoms with Gasteiger partial charge in [0.25, 0.3) is 10.0 Å². The largest absolute Gasteiger partial charge is 0.492 e. The molecule has 0 aromatic heterocycles. The van der Waals surface area contributed by atoms with Crippen LogP contribution < -0.4 is 14.4 Å². The zero-order valence-corrected chi connectivity index (χ0v) is 22.2. The summed E-state index contributed by atoms with van der Waals surface area (Å²) in [5.74, 6) is -1.05. The molecular formula is C25H28FN3O6S2. The van der Waals surface area contributed by atoms with E-state index in [4.69, 9.17) is 4.74 Å². The predicted molar refractivity (Wildman–Crippen MR) is 138 cm³/mol. The third-order valence-electron chi connectivity index (χ3n) is 5.31. The van der Waals surface area contributed by atoms with Gasteiger partial charge in [0.05, 0.1) is 22.0 Å². The van der Waals surface area contributed by atoms with Crippen LogP contribution in [0.25, 0.3) is 0 Å². The highest BCUT2D eigenvalue weighted by Crippen LogP contribution is 2.26. The van der Waals surface area contributed by atoms with Crippen molar-refractivity contribution in [2.24, 2.45) is 0 Å². The molecule has 12 heteroatoms. The van der Waals surface area contributed by atoms with E-state index >= 15 is 0 Å². The maximum absolute atomic E-state index is 14.5. The van der Waals surface area contributed by atoms with Crippen LogP contribution in [-0.2, 0) is 24.8 Å². The van der Waals surface area contributed by atoms with Gasteiger partial charge in [-0.1, -0.05) is 29.8 Å². The second-order valence-electron chi connectivity index (χ2n) is 8.23. The molecular weight excluding hydrogens is 521 g/mol. The molecule has 37 heavy (non-hydrogen) atoms. The number of carbonyl (C=O) groups excluding carboxylic acids is 1. The SMILES string of the molecule is Cc1ccc(S(=O)(=O)N(CC(=O)NCCOc2ccc(S(=O)(=O)N(C)C)cc2)c2ccccc2F)cc1. The molecule has 3 aromatic carbocycles. The molecule has 0 radical (unpaired) electrons. The van der Waals surface area contributed by atoms with Crippen LogP contribution >= 0.6 is 0 Å². The summed E-state index contributed by atoms with van der Waals surface area (Å²) in [5, 5.41) is 2.56. The van der Waals surface area contributed by atoms with Crippen LogP contribution in [0, 0.1) is 12.7 Å². The normalized spacial score (nSPS) is 11.8. The van der Waals surface area contributed by atoms with E-state index in [-0.39, 0.29) is 28.6 Å². The highest BCUT2D eigenvalue weighted by atomic mass is 32.2. The van der Waals surface area contributed by atoms with Gasteiger partial charge in [-0.3, -0.25) is 9.10 Å². The first-order valence-electron chi connectivity index (χ1n) is 11.2. The van der Waals surface area contributed by atoms with E-state index in [1.807, 2.05) is 0 Å². The number of amides is 1. The van der Waals surface area contributed by atoms with Crippen LogP contribution in [0.3, 0.4) is 0 Å². The Morgan fingerprint density at radius 3 is 2.03 bits per heavy atom. The summed E-state index contributed by atoms with van der Waals surface area (Å²) in [5.41, 5.74) is 0.602. The molecule has 0 bridgehead atoms. The number of halogens is 1. The zero-order chi connectivity index (χ0) is 27.2. The molecule has 3 rings (SSSR count). The van der Waals surface area contributed by atoms with Gasteiger partial charge < -0.3 is 10.1 Å². The van der Waals surface area contributed by atoms with Gasteiger partial charge in [0.2, 0.25) is 15.9 Å². The van der Waals surface area contributed by atoms with Crippen molar-refractivity contribution in [2.45, 2.75) is 16.7 Å². The standard InChI is InChI=1S/C25H28FN3O6S2/c1-19-8-12-22(13-9-19)37(33,34)29(24-7-5-4-6-23(24)26)18-25(30)27-16-17-35-20-10-14-21(15-11-20)36(31,32)28(2)3/h4-15H,16-18H2,1-3H3,(H,27,30). The summed E-state index contributed by atoms with van der Waals surface area (Å²) in [4.78, 5) is 12.7. The molecule has 9 nitrogen and oxygen atoms in total. The first kappa shape index (κ1) is 28.1. The molecule has 0 saturated carbocycles. The second kappa shape index (κ2) is 11.7. The van der Waals surface area contributed by atoms with Crippen molar-refractivity contribution in [1.29, 1.82) is 0 Å². The second-order valence-corrected chi connectivity index (χ2v) is 12.2. The van der Waals surface area contributed by atoms with E-state index in [9.17, 15) is 26.0 Å². The summed E-state index contributed by atoms with van der Waals surface area (Å²) < 4.78 is 72.8. The number of aryl methyl sites for hydroxylation is 1. The number of hydrogen-bond acceptors (Lipinski definition) is 6. The van der Waals surface area contributed by atoms with E-state index in [0.717, 1.165) is 20.2 Å². The Balaban J connectivity index is 1.65. The van der Waals surface area contributed by atoms with Crippen LogP contribution in [0.4, 0.5) is 10.1 Å². The number of anilines is 1. The fourth-order valence-electron chi connectivity index (χ4n) is 3.26. The molecule has 0 aliphatic heterocycles. The van der Waals surface area contributed by atoms with Gasteiger partial charge in [0.1, 0.15) is 24.7 Å². The number of sulfonamides is 2. The predicted octanol–water partition coefficient (Wildman–Crippen LogP) is 2.77. The number of ether oxygens (including phenoxy) is 1. The summed E-state index contributed by atoms with van der Waals surface area (Å²) >= 11 is 0. The Morgan fingerprint density at radius 1 is 0.865 bits per heavy atom. The molecule has 0 saturated heterocycles. The average molecular weight is 550 g/mol. The summed E-state index contributed by atoms with van der Waals surface area (Å²) in [6, 6.07) is 17.2. The average Bonchev–Trinajstić information content (AvgIpc) is 2.86. The van der Waals surface area contributed by atoms with E-state index in [1.165, 1.54) is 68.7 Å². The molecule has 198 valence electrons. The fourth-order valence-corrected chi connectivity index (χ4v) is 5.59. The number of nitrogens with zero attached hydrogens (tertiary/aromatic N) is 2. The van der Waals surface area contributed by atoms with E-state index in [1.54, 1.807) is 19.1 Å². The summed E-state index contributed by atoms with van der Waals surface area (Å²) in [7, 11) is -4.93. The minimum Gasteiger partial charge on any atom is -0.492 e. The number of carbonyl (C=O) groups is 1. The van der Waals surface area contributed by atoms with Gasteiger partial charge in [-0.15, -0.1) is 0 Å². The number of rotatable bonds is 11. The Morgan fingerprint density at radius 2 is 1.43 bits per heavy atom. The van der Waals surface area contributed by atoms with Crippen molar-refractivity contribution in [3.8, 4) is 5.75 Å². The molecule has 1 N–H and O–H groups in total. The lowest BCUT2D eigenvalue weighted by Gasteiger charge is -2.24. The monoisotopic (exact) mass is 549 g/mol. The van der Waals surface area contributed by atoms with Crippen molar-refractivity contribution in [3.63, 3.8) is 0 Å². The van der Waals surface area contributed by atoms with Crippen molar-refractivity contribution in [3.05, 3.63) is 84.2 Å². The smallest absolute Gasteiger partial charge is 0.264 e. The van der Waals surface area contributed by atoms with E-state index < -0.39 is 38.3 Å². The maximum atomic E-state index is 14.5. The number of hydrogen-bond donors (Lipinski definition) is 1. The molecule has 0 fully saturated rings. The van der Waals surface area contributed by atoms with Gasteiger partial charge in [-0.25, -0.2) is 25.5 Å². The molecule has 0 unspecified atom stereocenters. The van der Waals surface area contributed by atoms with Crippen molar-refractivity contribution < 1.29 is 30.8 Å². The van der Waals surface area contributed by atoms with Crippen LogP contribution in [0.2, 0.25) is 0 Å². The van der Waals surface area contributed by atoms with Crippen molar-refractivity contribution in [2.75, 3.05) is 38.1 Å². The molecule has 0 heterocycles. The van der Waals surface area contributed by atoms with Gasteiger partial charge >= 0.3 is 0 Å². The Kier molecular flexibility index (Phi) is 8.89. The van der Waals surface area contributed by atoms with Gasteiger partial charge in [-0.05, 0) is 55.5 Å². The minimum absolute atomic E-state index is 0.0340. The molecule has 0 aliphatic carbocycles. The number of nitrogens with one attached hydrogen (secondary N) is 1. The lowest BCUT2D eigenvalue weighted by molar-refractivity contribution is -0.119. The zero-order valence-electron chi connectivity index (χ0n) is 20.6. The maximum Gasteiger partial charge on any atom is 0.264 e. The third-order valence-corrected chi connectivity index (χ3v) is 8.92. The van der Waals surface area contributed by atoms with Gasteiger partial charge in [0, 0.05) is 14.1 Å². The van der Waals surface area contributed by atoms with Crippen molar-refractivity contribution >= 4 is 31.6 Å². The topological polar surface area (TPSA) is 113 Å². The lowest BCUT2D eigenvalue weighted by Crippen LogP contribution is -2.42. The molecule has 1 amide bonds. The van der Waals surface area contributed by atoms with Gasteiger partial charge in [-0.2, -0.15) is 0 Å². The quantitative estimate of drug-likeness (QED) is 0.368. The van der Waals surface area contributed by atoms with Crippen molar-refractivity contribution in [1.82, 2.24) is 9.62 Å². The van der Waals surface area contributed by atoms with Gasteiger partial charge in [0.15, 0.2) is 0 Å². The lowest BCUT2D eigenvalue weighted by atomic mass is 10.2. The summed E-state index contributed by atoms with van der Waals surface area (Å²) in [6.45, 7) is 1.23. The molecule has 0 atom stereocenters.